The highest BCUT2D eigenvalue weighted by Gasteiger charge is 2.57. The summed E-state index contributed by atoms with van der Waals surface area (Å²) in [6, 6.07) is 10.2. The van der Waals surface area contributed by atoms with Crippen LogP contribution in [0.1, 0.15) is 30.9 Å². The van der Waals surface area contributed by atoms with E-state index in [9.17, 15) is 18.0 Å². The molecule has 0 radical (unpaired) electrons. The molecule has 1 atom stereocenters. The van der Waals surface area contributed by atoms with Gasteiger partial charge in [-0.2, -0.15) is 0 Å². The fourth-order valence-corrected chi connectivity index (χ4v) is 4.27. The number of amides is 2. The van der Waals surface area contributed by atoms with Gasteiger partial charge >= 0.3 is 6.03 Å². The van der Waals surface area contributed by atoms with Crippen molar-refractivity contribution >= 4 is 23.3 Å². The molecule has 0 saturated heterocycles. The summed E-state index contributed by atoms with van der Waals surface area (Å²) in [6.07, 6.45) is 1.56. The van der Waals surface area contributed by atoms with Gasteiger partial charge in [0.2, 0.25) is 0 Å². The lowest BCUT2D eigenvalue weighted by Gasteiger charge is -2.49. The van der Waals surface area contributed by atoms with Crippen LogP contribution in [0.5, 0.6) is 0 Å². The number of carbonyl (C=O) groups is 1. The molecule has 2 aromatic carbocycles. The van der Waals surface area contributed by atoms with Crippen molar-refractivity contribution < 1.29 is 18.0 Å². The minimum Gasteiger partial charge on any atom is -0.307 e. The molecule has 1 aliphatic carbocycles. The molecule has 0 spiro atoms. The second-order valence-electron chi connectivity index (χ2n) is 7.32. The van der Waals surface area contributed by atoms with E-state index in [4.69, 9.17) is 11.6 Å². The lowest BCUT2D eigenvalue weighted by molar-refractivity contribution is -0.0287. The first kappa shape index (κ1) is 18.2. The van der Waals surface area contributed by atoms with Crippen molar-refractivity contribution in [2.75, 3.05) is 11.9 Å². The fraction of sp³-hybridized carbons (Fsp3) is 0.350. The minimum atomic E-state index is -3.09. The Kier molecular flexibility index (Phi) is 4.14. The van der Waals surface area contributed by atoms with Gasteiger partial charge in [0.25, 0.3) is 5.92 Å². The van der Waals surface area contributed by atoms with Crippen molar-refractivity contribution in [3.63, 3.8) is 0 Å². The van der Waals surface area contributed by atoms with Crippen LogP contribution < -0.4 is 5.32 Å². The third-order valence-corrected chi connectivity index (χ3v) is 5.43. The van der Waals surface area contributed by atoms with Gasteiger partial charge in [-0.3, -0.25) is 0 Å². The van der Waals surface area contributed by atoms with Gasteiger partial charge in [-0.15, -0.1) is 0 Å². The van der Waals surface area contributed by atoms with Crippen LogP contribution in [-0.4, -0.2) is 23.4 Å². The Labute approximate surface area is 160 Å². The number of nitrogens with zero attached hydrogens (tertiary/aromatic N) is 1. The molecular formula is C20H18ClF3N2O. The van der Waals surface area contributed by atoms with Crippen LogP contribution in [0.25, 0.3) is 0 Å². The zero-order chi connectivity index (χ0) is 19.4. The Hall–Kier alpha value is -2.21. The third-order valence-electron chi connectivity index (χ3n) is 5.19. The average molecular weight is 395 g/mol. The number of carbonyl (C=O) groups excluding carboxylic acids is 1. The smallest absolute Gasteiger partial charge is 0.307 e. The summed E-state index contributed by atoms with van der Waals surface area (Å²) in [6.45, 7) is 0.0365. The van der Waals surface area contributed by atoms with E-state index in [0.29, 0.717) is 21.8 Å². The second-order valence-corrected chi connectivity index (χ2v) is 7.76. The predicted octanol–water partition coefficient (Wildman–Crippen LogP) is 5.64. The standard InChI is InChI=1S/C20H18ClF3N2O/c1-19(23,24)11-26-18(27)25-17-9-6-14(21)10-16(17)20(26,12-2-3-12)13-4-7-15(22)8-5-13/h4-10,12H,2-3,11H2,1H3,(H,25,27)/t20-/m0/s1. The first-order valence-electron chi connectivity index (χ1n) is 8.74. The first-order valence-corrected chi connectivity index (χ1v) is 9.12. The van der Waals surface area contributed by atoms with E-state index >= 15 is 0 Å². The lowest BCUT2D eigenvalue weighted by Crippen LogP contribution is -2.59. The zero-order valence-electron chi connectivity index (χ0n) is 14.6. The highest BCUT2D eigenvalue weighted by molar-refractivity contribution is 6.30. The van der Waals surface area contributed by atoms with Gasteiger partial charge in [-0.25, -0.2) is 18.0 Å². The summed E-state index contributed by atoms with van der Waals surface area (Å²) in [5, 5.41) is 3.14. The number of hydrogen-bond donors (Lipinski definition) is 1. The van der Waals surface area contributed by atoms with Crippen LogP contribution in [-0.2, 0) is 5.54 Å². The van der Waals surface area contributed by atoms with E-state index in [0.717, 1.165) is 19.8 Å². The Morgan fingerprint density at radius 2 is 1.89 bits per heavy atom. The Morgan fingerprint density at radius 1 is 1.22 bits per heavy atom. The molecule has 1 N–H and O–H groups in total. The first-order chi connectivity index (χ1) is 12.7. The predicted molar refractivity (Wildman–Crippen MR) is 97.7 cm³/mol. The van der Waals surface area contributed by atoms with Crippen LogP contribution in [0, 0.1) is 11.7 Å². The molecule has 2 amide bonds. The average Bonchev–Trinajstić information content (AvgIpc) is 3.42. The van der Waals surface area contributed by atoms with E-state index in [1.54, 1.807) is 30.3 Å². The number of nitrogens with one attached hydrogen (secondary N) is 1. The van der Waals surface area contributed by atoms with Crippen LogP contribution in [0.15, 0.2) is 42.5 Å². The SMILES string of the molecule is CC(F)(F)CN1C(=O)Nc2ccc(Cl)cc2[C@@]1(c1ccc(F)cc1)C1CC1. The number of hydrogen-bond acceptors (Lipinski definition) is 1. The molecule has 1 fully saturated rings. The van der Waals surface area contributed by atoms with E-state index in [2.05, 4.69) is 5.32 Å². The molecule has 0 unspecified atom stereocenters. The van der Waals surface area contributed by atoms with Crippen molar-refractivity contribution in [3.05, 3.63) is 64.4 Å². The second kappa shape index (κ2) is 6.16. The van der Waals surface area contributed by atoms with E-state index in [1.165, 1.54) is 17.0 Å². The lowest BCUT2D eigenvalue weighted by atomic mass is 9.75. The number of fused-ring (bicyclic) bond motifs is 1. The fourth-order valence-electron chi connectivity index (χ4n) is 4.10. The number of benzene rings is 2. The van der Waals surface area contributed by atoms with E-state index in [-0.39, 0.29) is 5.92 Å². The molecule has 1 saturated carbocycles. The summed E-state index contributed by atoms with van der Waals surface area (Å²) in [4.78, 5) is 14.1. The molecule has 4 rings (SSSR count). The van der Waals surface area contributed by atoms with Crippen molar-refractivity contribution in [2.24, 2.45) is 5.92 Å². The summed E-state index contributed by atoms with van der Waals surface area (Å²) in [5.74, 6) is -3.56. The molecule has 1 heterocycles. The maximum Gasteiger partial charge on any atom is 0.323 e. The number of anilines is 1. The van der Waals surface area contributed by atoms with Gasteiger partial charge < -0.3 is 10.2 Å². The normalized spacial score (nSPS) is 22.4. The van der Waals surface area contributed by atoms with Crippen molar-refractivity contribution in [1.29, 1.82) is 0 Å². The van der Waals surface area contributed by atoms with Gasteiger partial charge in [0.15, 0.2) is 0 Å². The van der Waals surface area contributed by atoms with Gasteiger partial charge in [0.05, 0.1) is 6.54 Å². The van der Waals surface area contributed by atoms with Crippen LogP contribution in [0.2, 0.25) is 5.02 Å². The highest BCUT2D eigenvalue weighted by Crippen LogP contribution is 2.57. The van der Waals surface area contributed by atoms with E-state index in [1.807, 2.05) is 0 Å². The Balaban J connectivity index is 2.01. The number of halogens is 4. The number of urea groups is 1. The molecule has 7 heteroatoms. The molecule has 0 aromatic heterocycles. The summed E-state index contributed by atoms with van der Waals surface area (Å²) in [7, 11) is 0. The third kappa shape index (κ3) is 3.06. The van der Waals surface area contributed by atoms with Gasteiger partial charge in [-0.05, 0) is 54.7 Å². The van der Waals surface area contributed by atoms with Crippen LogP contribution in [0.3, 0.4) is 0 Å². The Morgan fingerprint density at radius 3 is 2.48 bits per heavy atom. The quantitative estimate of drug-likeness (QED) is 0.715. The number of rotatable bonds is 4. The summed E-state index contributed by atoms with van der Waals surface area (Å²) in [5.41, 5.74) is 0.689. The highest BCUT2D eigenvalue weighted by atomic mass is 35.5. The molecule has 142 valence electrons. The molecular weight excluding hydrogens is 377 g/mol. The van der Waals surface area contributed by atoms with Crippen molar-refractivity contribution in [2.45, 2.75) is 31.2 Å². The molecule has 2 aliphatic rings. The molecule has 1 aliphatic heterocycles. The minimum absolute atomic E-state index is 0.0476. The number of alkyl halides is 2. The van der Waals surface area contributed by atoms with Crippen LogP contribution >= 0.6 is 11.6 Å². The maximum absolute atomic E-state index is 14.0. The zero-order valence-corrected chi connectivity index (χ0v) is 15.4. The van der Waals surface area contributed by atoms with Crippen molar-refractivity contribution in [3.8, 4) is 0 Å². The Bertz CT molecular complexity index is 893. The maximum atomic E-state index is 14.0. The molecule has 27 heavy (non-hydrogen) atoms. The van der Waals surface area contributed by atoms with E-state index < -0.39 is 29.9 Å². The topological polar surface area (TPSA) is 32.3 Å². The largest absolute Gasteiger partial charge is 0.323 e. The summed E-state index contributed by atoms with van der Waals surface area (Å²) < 4.78 is 41.6. The molecule has 3 nitrogen and oxygen atoms in total. The van der Waals surface area contributed by atoms with Gasteiger partial charge in [0, 0.05) is 23.2 Å². The van der Waals surface area contributed by atoms with Gasteiger partial charge in [-0.1, -0.05) is 23.7 Å². The molecule has 2 aromatic rings. The van der Waals surface area contributed by atoms with Crippen LogP contribution in [0.4, 0.5) is 23.7 Å². The van der Waals surface area contributed by atoms with Gasteiger partial charge in [0.1, 0.15) is 11.4 Å². The van der Waals surface area contributed by atoms with Crippen molar-refractivity contribution in [1.82, 2.24) is 4.90 Å². The monoisotopic (exact) mass is 394 g/mol. The molecule has 0 bridgehead atoms. The summed E-state index contributed by atoms with van der Waals surface area (Å²) >= 11 is 6.22.